The van der Waals surface area contributed by atoms with E-state index in [1.807, 2.05) is 24.3 Å². The lowest BCUT2D eigenvalue weighted by Crippen LogP contribution is -2.20. The molecular formula is C23H32N4O2S. The fourth-order valence-corrected chi connectivity index (χ4v) is 5.75. The number of rotatable bonds is 7. The Kier molecular flexibility index (Phi) is 7.31. The molecule has 2 aliphatic carbocycles. The highest BCUT2D eigenvalue weighted by Crippen LogP contribution is 2.36. The van der Waals surface area contributed by atoms with Crippen LogP contribution in [0, 0.1) is 0 Å². The monoisotopic (exact) mass is 428 g/mol. The molecule has 1 heterocycles. The molecule has 4 rings (SSSR count). The molecule has 0 radical (unpaired) electrons. The lowest BCUT2D eigenvalue weighted by molar-refractivity contribution is -0.118. The van der Waals surface area contributed by atoms with E-state index in [1.54, 1.807) is 18.9 Å². The smallest absolute Gasteiger partial charge is 0.192 e. The maximum Gasteiger partial charge on any atom is 0.192 e. The third-order valence-corrected chi connectivity index (χ3v) is 7.46. The number of anilines is 1. The van der Waals surface area contributed by atoms with E-state index in [1.165, 1.54) is 19.3 Å². The molecule has 0 saturated heterocycles. The first-order chi connectivity index (χ1) is 14.7. The molecule has 0 bridgehead atoms. The summed E-state index contributed by atoms with van der Waals surface area (Å²) >= 11 is 1.65. The van der Waals surface area contributed by atoms with Crippen LogP contribution in [0.4, 0.5) is 5.69 Å². The van der Waals surface area contributed by atoms with Gasteiger partial charge >= 0.3 is 0 Å². The lowest BCUT2D eigenvalue weighted by Gasteiger charge is -2.26. The van der Waals surface area contributed by atoms with Gasteiger partial charge in [-0.3, -0.25) is 4.79 Å². The van der Waals surface area contributed by atoms with Crippen molar-refractivity contribution in [3.63, 3.8) is 0 Å². The van der Waals surface area contributed by atoms with Crippen LogP contribution in [0.2, 0.25) is 0 Å². The first-order valence-electron chi connectivity index (χ1n) is 11.3. The fourth-order valence-electron chi connectivity index (χ4n) is 4.51. The topological polar surface area (TPSA) is 69.0 Å². The molecule has 2 fully saturated rings. The van der Waals surface area contributed by atoms with Gasteiger partial charge in [-0.25, -0.2) is 0 Å². The number of benzene rings is 1. The third kappa shape index (κ3) is 5.17. The van der Waals surface area contributed by atoms with E-state index in [9.17, 15) is 4.79 Å². The molecule has 6 nitrogen and oxygen atoms in total. The van der Waals surface area contributed by atoms with Gasteiger partial charge in [0.2, 0.25) is 0 Å². The SMILES string of the molecule is COc1cccc(NCc2nnc(SC3CCCCCC3=O)n2C2CCCCC2)c1. The maximum atomic E-state index is 12.6. The van der Waals surface area contributed by atoms with Gasteiger partial charge in [0.05, 0.1) is 18.9 Å². The van der Waals surface area contributed by atoms with E-state index in [0.29, 0.717) is 24.8 Å². The van der Waals surface area contributed by atoms with Crippen LogP contribution in [0.25, 0.3) is 0 Å². The van der Waals surface area contributed by atoms with E-state index >= 15 is 0 Å². The van der Waals surface area contributed by atoms with Gasteiger partial charge in [-0.2, -0.15) is 0 Å². The zero-order valence-electron chi connectivity index (χ0n) is 17.8. The number of ketones is 1. The van der Waals surface area contributed by atoms with Crippen molar-refractivity contribution in [2.24, 2.45) is 0 Å². The molecule has 1 atom stereocenters. The van der Waals surface area contributed by atoms with Gasteiger partial charge in [-0.15, -0.1) is 10.2 Å². The van der Waals surface area contributed by atoms with Crippen LogP contribution in [0.1, 0.15) is 76.1 Å². The first kappa shape index (κ1) is 21.2. The van der Waals surface area contributed by atoms with Gasteiger partial charge in [0.15, 0.2) is 11.0 Å². The standard InChI is InChI=1S/C23H32N4O2S/c1-29-19-12-8-9-17(15-19)24-16-22-25-26-23(27(22)18-10-4-2-5-11-18)30-21-14-7-3-6-13-20(21)28/h8-9,12,15,18,21,24H,2-7,10-11,13-14,16H2,1H3. The van der Waals surface area contributed by atoms with Gasteiger partial charge < -0.3 is 14.6 Å². The predicted octanol–water partition coefficient (Wildman–Crippen LogP) is 5.40. The highest BCUT2D eigenvalue weighted by atomic mass is 32.2. The number of carbonyl (C=O) groups is 1. The Labute approximate surface area is 183 Å². The molecule has 2 saturated carbocycles. The molecule has 2 aliphatic rings. The zero-order valence-corrected chi connectivity index (χ0v) is 18.6. The van der Waals surface area contributed by atoms with Crippen molar-refractivity contribution in [3.8, 4) is 5.75 Å². The Balaban J connectivity index is 1.54. The molecule has 7 heteroatoms. The van der Waals surface area contributed by atoms with Crippen LogP contribution in [-0.2, 0) is 11.3 Å². The predicted molar refractivity (Wildman–Crippen MR) is 120 cm³/mol. The third-order valence-electron chi connectivity index (χ3n) is 6.19. The number of ether oxygens (including phenoxy) is 1. The number of hydrogen-bond donors (Lipinski definition) is 1. The molecule has 1 aromatic heterocycles. The van der Waals surface area contributed by atoms with Crippen LogP contribution in [-0.4, -0.2) is 32.9 Å². The molecule has 1 N–H and O–H groups in total. The normalized spacial score (nSPS) is 20.7. The van der Waals surface area contributed by atoms with E-state index < -0.39 is 0 Å². The fraction of sp³-hybridized carbons (Fsp3) is 0.609. The number of nitrogens with one attached hydrogen (secondary N) is 1. The van der Waals surface area contributed by atoms with Crippen molar-refractivity contribution < 1.29 is 9.53 Å². The van der Waals surface area contributed by atoms with Crippen molar-refractivity contribution in [1.82, 2.24) is 14.8 Å². The zero-order chi connectivity index (χ0) is 20.8. The number of carbonyl (C=O) groups excluding carboxylic acids is 1. The highest BCUT2D eigenvalue weighted by molar-refractivity contribution is 8.00. The Hall–Kier alpha value is -2.02. The molecule has 0 amide bonds. The van der Waals surface area contributed by atoms with Crippen LogP contribution in [0.3, 0.4) is 0 Å². The van der Waals surface area contributed by atoms with E-state index in [4.69, 9.17) is 4.74 Å². The lowest BCUT2D eigenvalue weighted by atomic mass is 9.95. The Morgan fingerprint density at radius 1 is 1.10 bits per heavy atom. The molecule has 30 heavy (non-hydrogen) atoms. The minimum absolute atomic E-state index is 0.0261. The summed E-state index contributed by atoms with van der Waals surface area (Å²) in [5.74, 6) is 2.16. The average molecular weight is 429 g/mol. The summed E-state index contributed by atoms with van der Waals surface area (Å²) in [6.45, 7) is 0.607. The molecule has 0 spiro atoms. The van der Waals surface area contributed by atoms with Crippen LogP contribution < -0.4 is 10.1 Å². The second-order valence-corrected chi connectivity index (χ2v) is 9.49. The van der Waals surface area contributed by atoms with E-state index in [0.717, 1.165) is 60.9 Å². The number of thioether (sulfide) groups is 1. The Bertz CT molecular complexity index is 847. The molecule has 2 aromatic rings. The van der Waals surface area contributed by atoms with Crippen molar-refractivity contribution in [2.75, 3.05) is 12.4 Å². The first-order valence-corrected chi connectivity index (χ1v) is 12.1. The van der Waals surface area contributed by atoms with Gasteiger partial charge in [0, 0.05) is 24.2 Å². The minimum atomic E-state index is 0.0261. The largest absolute Gasteiger partial charge is 0.497 e. The second-order valence-electron chi connectivity index (χ2n) is 8.32. The highest BCUT2D eigenvalue weighted by Gasteiger charge is 2.28. The van der Waals surface area contributed by atoms with Crippen molar-refractivity contribution >= 4 is 23.2 Å². The maximum absolute atomic E-state index is 12.6. The number of aromatic nitrogens is 3. The molecule has 0 aliphatic heterocycles. The van der Waals surface area contributed by atoms with Crippen molar-refractivity contribution in [2.45, 2.75) is 87.2 Å². The summed E-state index contributed by atoms with van der Waals surface area (Å²) < 4.78 is 7.65. The summed E-state index contributed by atoms with van der Waals surface area (Å²) in [7, 11) is 1.68. The summed E-state index contributed by atoms with van der Waals surface area (Å²) in [6.07, 6.45) is 11.1. The number of methoxy groups -OCH3 is 1. The van der Waals surface area contributed by atoms with Gasteiger partial charge in [0.25, 0.3) is 0 Å². The van der Waals surface area contributed by atoms with Crippen molar-refractivity contribution in [3.05, 3.63) is 30.1 Å². The van der Waals surface area contributed by atoms with Crippen LogP contribution >= 0.6 is 11.8 Å². The summed E-state index contributed by atoms with van der Waals surface area (Å²) in [6, 6.07) is 8.37. The molecule has 1 unspecified atom stereocenters. The Morgan fingerprint density at radius 2 is 1.90 bits per heavy atom. The Morgan fingerprint density at radius 3 is 2.73 bits per heavy atom. The van der Waals surface area contributed by atoms with Crippen LogP contribution in [0.5, 0.6) is 5.75 Å². The summed E-state index contributed by atoms with van der Waals surface area (Å²) in [5, 5.41) is 13.5. The van der Waals surface area contributed by atoms with Gasteiger partial charge in [0.1, 0.15) is 11.5 Å². The van der Waals surface area contributed by atoms with Crippen LogP contribution in [0.15, 0.2) is 29.4 Å². The quantitative estimate of drug-likeness (QED) is 0.596. The summed E-state index contributed by atoms with van der Waals surface area (Å²) in [4.78, 5) is 12.6. The summed E-state index contributed by atoms with van der Waals surface area (Å²) in [5.41, 5.74) is 1.00. The molecule has 162 valence electrons. The molecular weight excluding hydrogens is 396 g/mol. The van der Waals surface area contributed by atoms with Gasteiger partial charge in [-0.1, -0.05) is 49.9 Å². The average Bonchev–Trinajstić information content (AvgIpc) is 3.08. The second kappa shape index (κ2) is 10.3. The number of Topliss-reactive ketones (excluding diaryl/α,β-unsaturated/α-hetero) is 1. The van der Waals surface area contributed by atoms with Gasteiger partial charge in [-0.05, 0) is 37.8 Å². The van der Waals surface area contributed by atoms with E-state index in [2.05, 4.69) is 20.1 Å². The van der Waals surface area contributed by atoms with E-state index in [-0.39, 0.29) is 5.25 Å². The molecule has 1 aromatic carbocycles. The number of nitrogens with zero attached hydrogens (tertiary/aromatic N) is 3. The number of hydrogen-bond acceptors (Lipinski definition) is 6. The van der Waals surface area contributed by atoms with Crippen molar-refractivity contribution in [1.29, 1.82) is 0 Å². The minimum Gasteiger partial charge on any atom is -0.497 e.